The van der Waals surface area contributed by atoms with E-state index in [0.29, 0.717) is 17.2 Å². The van der Waals surface area contributed by atoms with Gasteiger partial charge in [0, 0.05) is 25.5 Å². The molecule has 36 heavy (non-hydrogen) atoms. The van der Waals surface area contributed by atoms with Crippen molar-refractivity contribution in [3.05, 3.63) is 77.8 Å². The lowest BCUT2D eigenvalue weighted by Crippen LogP contribution is -2.32. The van der Waals surface area contributed by atoms with Crippen LogP contribution in [0.5, 0.6) is 0 Å². The monoisotopic (exact) mass is 502 g/mol. The summed E-state index contributed by atoms with van der Waals surface area (Å²) in [4.78, 5) is 26.2. The van der Waals surface area contributed by atoms with Gasteiger partial charge in [0.2, 0.25) is 0 Å². The second kappa shape index (κ2) is 8.25. The Hall–Kier alpha value is -4.62. The molecule has 0 bridgehead atoms. The first kappa shape index (κ1) is 23.1. The minimum atomic E-state index is -4.80. The van der Waals surface area contributed by atoms with E-state index in [9.17, 15) is 22.4 Å². The molecule has 4 aromatic heterocycles. The lowest BCUT2D eigenvalue weighted by atomic mass is 10.1. The number of imidazole rings is 1. The Labute approximate surface area is 198 Å². The van der Waals surface area contributed by atoms with Crippen LogP contribution in [0, 0.1) is 11.6 Å². The number of nitrogen functional groups attached to an aromatic ring is 1. The van der Waals surface area contributed by atoms with Crippen LogP contribution in [0.2, 0.25) is 0 Å². The Morgan fingerprint density at radius 2 is 1.86 bits per heavy atom. The molecule has 184 valence electrons. The van der Waals surface area contributed by atoms with E-state index in [-0.39, 0.29) is 23.1 Å². The van der Waals surface area contributed by atoms with Crippen molar-refractivity contribution < 1.29 is 26.7 Å². The van der Waals surface area contributed by atoms with E-state index in [0.717, 1.165) is 11.0 Å². The standard InChI is InChI=1S/C22H15F5N8O/c1-33-8-12(6-31-33)34(9-17-15(24)2-11(5-30-17)22(25,26)27)21(36)13-3-18-16(4-14(13)23)32-20(28)19-7-29-10-35(18)19/h2-8,10H,9H2,1H3,(H2,28,32). The fraction of sp³-hybridized carbons (Fsp3) is 0.136. The van der Waals surface area contributed by atoms with E-state index in [1.165, 1.54) is 40.1 Å². The molecule has 0 saturated heterocycles. The van der Waals surface area contributed by atoms with Crippen molar-refractivity contribution in [2.75, 3.05) is 10.6 Å². The van der Waals surface area contributed by atoms with Crippen LogP contribution in [0.4, 0.5) is 33.5 Å². The zero-order chi connectivity index (χ0) is 25.8. The fourth-order valence-electron chi connectivity index (χ4n) is 3.72. The Morgan fingerprint density at radius 1 is 1.08 bits per heavy atom. The lowest BCUT2D eigenvalue weighted by Gasteiger charge is -2.22. The smallest absolute Gasteiger partial charge is 0.382 e. The van der Waals surface area contributed by atoms with E-state index in [4.69, 9.17) is 5.73 Å². The van der Waals surface area contributed by atoms with Crippen LogP contribution in [0.15, 0.2) is 49.3 Å². The van der Waals surface area contributed by atoms with Crippen molar-refractivity contribution in [3.63, 3.8) is 0 Å². The van der Waals surface area contributed by atoms with Gasteiger partial charge in [0.05, 0.1) is 58.8 Å². The van der Waals surface area contributed by atoms with Gasteiger partial charge in [-0.3, -0.25) is 23.8 Å². The van der Waals surface area contributed by atoms with Gasteiger partial charge in [-0.05, 0) is 12.1 Å². The van der Waals surface area contributed by atoms with Crippen molar-refractivity contribution in [2.24, 2.45) is 7.05 Å². The Balaban J connectivity index is 1.61. The maximum absolute atomic E-state index is 15.1. The molecule has 0 unspecified atom stereocenters. The van der Waals surface area contributed by atoms with Crippen LogP contribution in [-0.4, -0.2) is 35.0 Å². The fourth-order valence-corrected chi connectivity index (χ4v) is 3.72. The number of anilines is 2. The average Bonchev–Trinajstić information content (AvgIpc) is 3.47. The summed E-state index contributed by atoms with van der Waals surface area (Å²) in [6.45, 7) is -0.591. The summed E-state index contributed by atoms with van der Waals surface area (Å²) >= 11 is 0. The highest BCUT2D eigenvalue weighted by Gasteiger charge is 2.32. The van der Waals surface area contributed by atoms with E-state index in [1.54, 1.807) is 7.05 Å². The average molecular weight is 502 g/mol. The van der Waals surface area contributed by atoms with Gasteiger partial charge in [0.1, 0.15) is 23.0 Å². The van der Waals surface area contributed by atoms with E-state index >= 15 is 4.39 Å². The third-order valence-corrected chi connectivity index (χ3v) is 5.50. The molecule has 0 radical (unpaired) electrons. The number of carbonyl (C=O) groups excluding carboxylic acids is 1. The van der Waals surface area contributed by atoms with Crippen LogP contribution in [0.3, 0.4) is 0 Å². The lowest BCUT2D eigenvalue weighted by molar-refractivity contribution is -0.138. The Kier molecular flexibility index (Phi) is 5.30. The normalized spacial score (nSPS) is 11.9. The van der Waals surface area contributed by atoms with Crippen molar-refractivity contribution >= 4 is 34.0 Å². The van der Waals surface area contributed by atoms with Crippen LogP contribution in [0.1, 0.15) is 21.6 Å². The molecule has 0 atom stereocenters. The molecule has 5 aromatic rings. The molecular weight excluding hydrogens is 487 g/mol. The number of aryl methyl sites for hydroxylation is 1. The number of alkyl halides is 3. The first-order valence-electron chi connectivity index (χ1n) is 10.3. The quantitative estimate of drug-likeness (QED) is 0.376. The molecule has 0 aliphatic heterocycles. The Bertz CT molecular complexity index is 1640. The molecule has 0 aliphatic carbocycles. The SMILES string of the molecule is Cn1cc(N(Cc2ncc(C(F)(F)F)cc2F)C(=O)c2cc3c(cc2F)nc(N)c2cncn23)cn1. The minimum Gasteiger partial charge on any atom is -0.382 e. The van der Waals surface area contributed by atoms with Crippen LogP contribution >= 0.6 is 0 Å². The summed E-state index contributed by atoms with van der Waals surface area (Å²) in [5, 5.41) is 3.97. The molecule has 4 heterocycles. The van der Waals surface area contributed by atoms with Crippen molar-refractivity contribution in [1.29, 1.82) is 0 Å². The molecule has 0 saturated carbocycles. The number of nitrogens with zero attached hydrogens (tertiary/aromatic N) is 7. The van der Waals surface area contributed by atoms with Crippen molar-refractivity contribution in [3.8, 4) is 0 Å². The first-order chi connectivity index (χ1) is 17.0. The number of benzene rings is 1. The third-order valence-electron chi connectivity index (χ3n) is 5.50. The van der Waals surface area contributed by atoms with Gasteiger partial charge in [-0.2, -0.15) is 18.3 Å². The number of carbonyl (C=O) groups is 1. The molecule has 0 fully saturated rings. The van der Waals surface area contributed by atoms with Gasteiger partial charge < -0.3 is 5.73 Å². The van der Waals surface area contributed by atoms with Crippen molar-refractivity contribution in [2.45, 2.75) is 12.7 Å². The Morgan fingerprint density at radius 3 is 2.53 bits per heavy atom. The predicted octanol–water partition coefficient (Wildman–Crippen LogP) is 3.74. The number of amides is 1. The largest absolute Gasteiger partial charge is 0.417 e. The molecule has 2 N–H and O–H groups in total. The summed E-state index contributed by atoms with van der Waals surface area (Å²) in [5.41, 5.74) is 4.83. The minimum absolute atomic E-state index is 0.110. The summed E-state index contributed by atoms with van der Waals surface area (Å²) in [5.74, 6) is -3.01. The maximum Gasteiger partial charge on any atom is 0.417 e. The highest BCUT2D eigenvalue weighted by atomic mass is 19.4. The third kappa shape index (κ3) is 3.95. The number of nitrogens with two attached hydrogens (primary N) is 1. The molecule has 0 spiro atoms. The highest BCUT2D eigenvalue weighted by molar-refractivity contribution is 6.07. The molecular formula is C22H15F5N8O. The van der Waals surface area contributed by atoms with Gasteiger partial charge in [0.15, 0.2) is 0 Å². The number of rotatable bonds is 4. The topological polar surface area (TPSA) is 107 Å². The second-order valence-corrected chi connectivity index (χ2v) is 7.88. The van der Waals surface area contributed by atoms with E-state index in [2.05, 4.69) is 20.1 Å². The maximum atomic E-state index is 15.1. The molecule has 1 amide bonds. The van der Waals surface area contributed by atoms with Gasteiger partial charge in [-0.15, -0.1) is 0 Å². The molecule has 0 aliphatic rings. The predicted molar refractivity (Wildman–Crippen MR) is 118 cm³/mol. The summed E-state index contributed by atoms with van der Waals surface area (Å²) < 4.78 is 71.3. The number of hydrogen-bond acceptors (Lipinski definition) is 6. The molecule has 9 nitrogen and oxygen atoms in total. The van der Waals surface area contributed by atoms with Gasteiger partial charge in [-0.1, -0.05) is 0 Å². The van der Waals surface area contributed by atoms with Crippen LogP contribution < -0.4 is 10.6 Å². The molecule has 5 rings (SSSR count). The summed E-state index contributed by atoms with van der Waals surface area (Å²) in [6, 6.07) is 2.56. The number of pyridine rings is 1. The zero-order valence-corrected chi connectivity index (χ0v) is 18.3. The van der Waals surface area contributed by atoms with Gasteiger partial charge in [0.25, 0.3) is 5.91 Å². The zero-order valence-electron chi connectivity index (χ0n) is 18.3. The molecule has 1 aromatic carbocycles. The molecule has 14 heteroatoms. The highest BCUT2D eigenvalue weighted by Crippen LogP contribution is 2.30. The number of hydrogen-bond donors (Lipinski definition) is 1. The second-order valence-electron chi connectivity index (χ2n) is 7.88. The number of aromatic nitrogens is 6. The van der Waals surface area contributed by atoms with Crippen molar-refractivity contribution in [1.82, 2.24) is 29.1 Å². The number of halogens is 5. The summed E-state index contributed by atoms with van der Waals surface area (Å²) in [7, 11) is 1.56. The van der Waals surface area contributed by atoms with Crippen LogP contribution in [0.25, 0.3) is 16.6 Å². The summed E-state index contributed by atoms with van der Waals surface area (Å²) in [6.07, 6.45) is 1.22. The van der Waals surface area contributed by atoms with Gasteiger partial charge >= 0.3 is 6.18 Å². The van der Waals surface area contributed by atoms with Gasteiger partial charge in [-0.25, -0.2) is 18.7 Å². The van der Waals surface area contributed by atoms with E-state index in [1.807, 2.05) is 0 Å². The van der Waals surface area contributed by atoms with E-state index < -0.39 is 47.1 Å². The first-order valence-corrected chi connectivity index (χ1v) is 10.3. The van der Waals surface area contributed by atoms with Crippen LogP contribution in [-0.2, 0) is 19.8 Å². The number of fused-ring (bicyclic) bond motifs is 3.